The summed E-state index contributed by atoms with van der Waals surface area (Å²) >= 11 is 0. The van der Waals surface area contributed by atoms with Gasteiger partial charge in [0.1, 0.15) is 12.1 Å². The van der Waals surface area contributed by atoms with E-state index < -0.39 is 6.10 Å². The molecular formula is C14H20N6O3. The number of rotatable bonds is 8. The molecular weight excluding hydrogens is 300 g/mol. The third kappa shape index (κ3) is 5.64. The maximum atomic E-state index is 11.7. The Morgan fingerprint density at radius 3 is 2.74 bits per heavy atom. The van der Waals surface area contributed by atoms with Gasteiger partial charge in [0.2, 0.25) is 0 Å². The average molecular weight is 320 g/mol. The molecule has 0 aliphatic carbocycles. The molecule has 0 aliphatic heterocycles. The zero-order valence-corrected chi connectivity index (χ0v) is 13.1. The number of hydrogen-bond acceptors (Lipinski definition) is 7. The monoisotopic (exact) mass is 320 g/mol. The van der Waals surface area contributed by atoms with Crippen molar-refractivity contribution in [2.45, 2.75) is 6.10 Å². The fourth-order valence-electron chi connectivity index (χ4n) is 1.89. The van der Waals surface area contributed by atoms with Crippen molar-refractivity contribution in [1.29, 1.82) is 0 Å². The topological polar surface area (TPSA) is 105 Å². The van der Waals surface area contributed by atoms with Gasteiger partial charge in [-0.25, -0.2) is 4.68 Å². The number of amides is 1. The number of aromatic nitrogens is 4. The normalized spacial score (nSPS) is 12.2. The number of aliphatic hydroxyl groups excluding tert-OH is 1. The molecule has 23 heavy (non-hydrogen) atoms. The van der Waals surface area contributed by atoms with Crippen LogP contribution in [-0.4, -0.2) is 76.0 Å². The number of ether oxygens (including phenoxy) is 1. The zero-order valence-electron chi connectivity index (χ0n) is 13.1. The number of carbonyl (C=O) groups is 1. The van der Waals surface area contributed by atoms with Crippen LogP contribution in [0.3, 0.4) is 0 Å². The molecule has 0 bridgehead atoms. The third-order valence-corrected chi connectivity index (χ3v) is 2.93. The Bertz CT molecular complexity index is 599. The van der Waals surface area contributed by atoms with E-state index >= 15 is 0 Å². The summed E-state index contributed by atoms with van der Waals surface area (Å²) in [6.07, 6.45) is 0.882. The number of tetrazole rings is 1. The minimum atomic E-state index is -0.607. The van der Waals surface area contributed by atoms with Crippen molar-refractivity contribution in [2.24, 2.45) is 0 Å². The van der Waals surface area contributed by atoms with Gasteiger partial charge in [0, 0.05) is 13.1 Å². The molecule has 0 saturated heterocycles. The number of benzene rings is 1. The van der Waals surface area contributed by atoms with Gasteiger partial charge >= 0.3 is 0 Å². The van der Waals surface area contributed by atoms with Crippen LogP contribution in [0.2, 0.25) is 0 Å². The molecule has 0 spiro atoms. The summed E-state index contributed by atoms with van der Waals surface area (Å²) in [5.74, 6) is 0.276. The second kappa shape index (κ2) is 8.20. The molecule has 124 valence electrons. The molecule has 0 radical (unpaired) electrons. The lowest BCUT2D eigenvalue weighted by atomic mass is 10.3. The van der Waals surface area contributed by atoms with E-state index in [1.807, 2.05) is 19.0 Å². The number of hydrogen-bond donors (Lipinski definition) is 2. The highest BCUT2D eigenvalue weighted by molar-refractivity contribution is 5.77. The van der Waals surface area contributed by atoms with Crippen LogP contribution in [0.15, 0.2) is 30.6 Å². The van der Waals surface area contributed by atoms with Crippen LogP contribution in [0.25, 0.3) is 5.69 Å². The van der Waals surface area contributed by atoms with E-state index in [0.29, 0.717) is 12.3 Å². The summed E-state index contributed by atoms with van der Waals surface area (Å²) < 4.78 is 6.91. The first-order valence-corrected chi connectivity index (χ1v) is 7.10. The van der Waals surface area contributed by atoms with Crippen molar-refractivity contribution in [3.05, 3.63) is 30.6 Å². The van der Waals surface area contributed by atoms with Gasteiger partial charge in [-0.2, -0.15) is 0 Å². The lowest BCUT2D eigenvalue weighted by molar-refractivity contribution is -0.123. The van der Waals surface area contributed by atoms with E-state index in [4.69, 9.17) is 4.74 Å². The number of likely N-dealkylation sites (N-methyl/N-ethyl adjacent to an activating group) is 1. The van der Waals surface area contributed by atoms with Gasteiger partial charge < -0.3 is 20.1 Å². The minimum absolute atomic E-state index is 0.112. The van der Waals surface area contributed by atoms with Crippen molar-refractivity contribution in [2.75, 3.05) is 33.8 Å². The lowest BCUT2D eigenvalue weighted by Gasteiger charge is -2.16. The van der Waals surface area contributed by atoms with Crippen molar-refractivity contribution in [1.82, 2.24) is 30.4 Å². The van der Waals surface area contributed by atoms with E-state index in [1.165, 1.54) is 11.0 Å². The van der Waals surface area contributed by atoms with Gasteiger partial charge in [0.15, 0.2) is 6.61 Å². The molecule has 1 heterocycles. The summed E-state index contributed by atoms with van der Waals surface area (Å²) in [4.78, 5) is 13.5. The first-order chi connectivity index (χ1) is 11.0. The van der Waals surface area contributed by atoms with Gasteiger partial charge in [-0.1, -0.05) is 0 Å². The second-order valence-electron chi connectivity index (χ2n) is 5.26. The highest BCUT2D eigenvalue weighted by Gasteiger charge is 2.08. The van der Waals surface area contributed by atoms with E-state index in [2.05, 4.69) is 20.8 Å². The van der Waals surface area contributed by atoms with E-state index in [0.717, 1.165) is 5.69 Å². The van der Waals surface area contributed by atoms with E-state index in [-0.39, 0.29) is 19.1 Å². The number of nitrogens with one attached hydrogen (secondary N) is 1. The van der Waals surface area contributed by atoms with Gasteiger partial charge in [0.05, 0.1) is 11.8 Å². The molecule has 0 aliphatic rings. The molecule has 1 atom stereocenters. The lowest BCUT2D eigenvalue weighted by Crippen LogP contribution is -2.39. The Hall–Kier alpha value is -2.52. The summed E-state index contributed by atoms with van der Waals surface area (Å²) in [5, 5.41) is 23.2. The first kappa shape index (κ1) is 16.8. The predicted molar refractivity (Wildman–Crippen MR) is 82.2 cm³/mol. The Labute approximate surface area is 133 Å². The molecule has 1 unspecified atom stereocenters. The van der Waals surface area contributed by atoms with Crippen LogP contribution in [0, 0.1) is 0 Å². The first-order valence-electron chi connectivity index (χ1n) is 7.10. The number of aliphatic hydroxyl groups is 1. The number of carbonyl (C=O) groups excluding carboxylic acids is 1. The van der Waals surface area contributed by atoms with Gasteiger partial charge in [-0.3, -0.25) is 4.79 Å². The molecule has 1 amide bonds. The quantitative estimate of drug-likeness (QED) is 0.648. The Balaban J connectivity index is 1.74. The molecule has 1 aromatic heterocycles. The molecule has 9 nitrogen and oxygen atoms in total. The summed E-state index contributed by atoms with van der Waals surface area (Å²) in [6.45, 7) is 0.567. The molecule has 2 N–H and O–H groups in total. The highest BCUT2D eigenvalue weighted by atomic mass is 16.5. The fourth-order valence-corrected chi connectivity index (χ4v) is 1.89. The molecule has 0 saturated carbocycles. The SMILES string of the molecule is CN(C)CC(O)CNC(=O)COc1ccc(-n2cnnn2)cc1. The Morgan fingerprint density at radius 1 is 1.39 bits per heavy atom. The maximum absolute atomic E-state index is 11.7. The van der Waals surface area contributed by atoms with Crippen molar-refractivity contribution >= 4 is 5.91 Å². The highest BCUT2D eigenvalue weighted by Crippen LogP contribution is 2.13. The summed E-state index contributed by atoms with van der Waals surface area (Å²) in [7, 11) is 3.71. The van der Waals surface area contributed by atoms with E-state index in [1.54, 1.807) is 24.3 Å². The molecule has 1 aromatic carbocycles. The van der Waals surface area contributed by atoms with Crippen LogP contribution in [-0.2, 0) is 4.79 Å². The molecule has 0 fully saturated rings. The van der Waals surface area contributed by atoms with E-state index in [9.17, 15) is 9.90 Å². The zero-order chi connectivity index (χ0) is 16.7. The van der Waals surface area contributed by atoms with Crippen molar-refractivity contribution in [3.63, 3.8) is 0 Å². The fraction of sp³-hybridized carbons (Fsp3) is 0.429. The molecule has 9 heteroatoms. The van der Waals surface area contributed by atoms with Crippen molar-refractivity contribution < 1.29 is 14.6 Å². The summed E-state index contributed by atoms with van der Waals surface area (Å²) in [6, 6.07) is 7.02. The van der Waals surface area contributed by atoms with Crippen LogP contribution in [0.1, 0.15) is 0 Å². The number of nitrogens with zero attached hydrogens (tertiary/aromatic N) is 5. The van der Waals surface area contributed by atoms with Crippen LogP contribution >= 0.6 is 0 Å². The predicted octanol–water partition coefficient (Wildman–Crippen LogP) is -0.920. The maximum Gasteiger partial charge on any atom is 0.258 e. The standard InChI is InChI=1S/C14H20N6O3/c1-19(2)8-12(21)7-15-14(22)9-23-13-5-3-11(4-6-13)20-10-16-17-18-20/h3-6,10,12,21H,7-9H2,1-2H3,(H,15,22). The largest absolute Gasteiger partial charge is 0.484 e. The summed E-state index contributed by atoms with van der Waals surface area (Å²) in [5.41, 5.74) is 0.790. The van der Waals surface area contributed by atoms with Crippen molar-refractivity contribution in [3.8, 4) is 11.4 Å². The van der Waals surface area contributed by atoms with Crippen LogP contribution in [0.5, 0.6) is 5.75 Å². The molecule has 2 rings (SSSR count). The Kier molecular flexibility index (Phi) is 6.01. The molecule has 2 aromatic rings. The minimum Gasteiger partial charge on any atom is -0.484 e. The second-order valence-corrected chi connectivity index (χ2v) is 5.26. The van der Waals surface area contributed by atoms with Gasteiger partial charge in [-0.15, -0.1) is 5.10 Å². The van der Waals surface area contributed by atoms with Crippen LogP contribution in [0.4, 0.5) is 0 Å². The average Bonchev–Trinajstić information content (AvgIpc) is 3.05. The Morgan fingerprint density at radius 2 is 2.13 bits per heavy atom. The van der Waals surface area contributed by atoms with Gasteiger partial charge in [0.25, 0.3) is 5.91 Å². The smallest absolute Gasteiger partial charge is 0.258 e. The van der Waals surface area contributed by atoms with Gasteiger partial charge in [-0.05, 0) is 48.8 Å². The third-order valence-electron chi connectivity index (χ3n) is 2.93. The van der Waals surface area contributed by atoms with Crippen LogP contribution < -0.4 is 10.1 Å².